The Labute approximate surface area is 87.3 Å². The predicted octanol–water partition coefficient (Wildman–Crippen LogP) is 1.20. The van der Waals surface area contributed by atoms with Crippen LogP contribution in [0.2, 0.25) is 0 Å². The van der Waals surface area contributed by atoms with Crippen molar-refractivity contribution in [2.75, 3.05) is 19.0 Å². The molecule has 0 aliphatic heterocycles. The van der Waals surface area contributed by atoms with Gasteiger partial charge in [0.05, 0.1) is 19.0 Å². The third-order valence-electron chi connectivity index (χ3n) is 1.60. The Bertz CT molecular complexity index is 341. The topological polar surface area (TPSA) is 63.6 Å². The van der Waals surface area contributed by atoms with Crippen molar-refractivity contribution in [2.24, 2.45) is 0 Å². The molecular formula is C8H12O4S2. The quantitative estimate of drug-likeness (QED) is 0.595. The van der Waals surface area contributed by atoms with Gasteiger partial charge in [-0.05, 0) is 28.8 Å². The summed E-state index contributed by atoms with van der Waals surface area (Å²) in [6, 6.07) is 2.00. The molecule has 1 heterocycles. The van der Waals surface area contributed by atoms with Gasteiger partial charge >= 0.3 is 0 Å². The Morgan fingerprint density at radius 2 is 2.21 bits per heavy atom. The predicted molar refractivity (Wildman–Crippen MR) is 55.3 cm³/mol. The van der Waals surface area contributed by atoms with E-state index in [1.165, 1.54) is 5.56 Å². The minimum Gasteiger partial charge on any atom is -0.380 e. The second-order valence-electron chi connectivity index (χ2n) is 2.78. The van der Waals surface area contributed by atoms with Crippen LogP contribution in [0.3, 0.4) is 0 Å². The van der Waals surface area contributed by atoms with Crippen LogP contribution in [0.4, 0.5) is 0 Å². The lowest BCUT2D eigenvalue weighted by Crippen LogP contribution is -2.11. The normalized spacial score (nSPS) is 11.8. The fourth-order valence-corrected chi connectivity index (χ4v) is 1.92. The molecule has 0 saturated carbocycles. The van der Waals surface area contributed by atoms with Crippen molar-refractivity contribution in [3.63, 3.8) is 0 Å². The summed E-state index contributed by atoms with van der Waals surface area (Å²) in [5.41, 5.74) is 1.18. The second kappa shape index (κ2) is 5.45. The summed E-state index contributed by atoms with van der Waals surface area (Å²) >= 11 is 1.62. The van der Waals surface area contributed by atoms with Gasteiger partial charge in [0, 0.05) is 0 Å². The van der Waals surface area contributed by atoms with E-state index in [9.17, 15) is 8.42 Å². The van der Waals surface area contributed by atoms with Crippen molar-refractivity contribution >= 4 is 21.5 Å². The first kappa shape index (κ1) is 11.6. The van der Waals surface area contributed by atoms with Gasteiger partial charge in [0.1, 0.15) is 0 Å². The van der Waals surface area contributed by atoms with E-state index in [0.717, 1.165) is 6.42 Å². The molecular weight excluding hydrogens is 224 g/mol. The van der Waals surface area contributed by atoms with Crippen LogP contribution in [0.5, 0.6) is 0 Å². The van der Waals surface area contributed by atoms with Gasteiger partial charge in [-0.15, -0.1) is 0 Å². The van der Waals surface area contributed by atoms with Gasteiger partial charge in [-0.3, -0.25) is 4.55 Å². The molecule has 14 heavy (non-hydrogen) atoms. The zero-order valence-corrected chi connectivity index (χ0v) is 9.18. The summed E-state index contributed by atoms with van der Waals surface area (Å²) in [6.45, 7) is 0.523. The first-order chi connectivity index (χ1) is 6.58. The highest BCUT2D eigenvalue weighted by atomic mass is 32.2. The smallest absolute Gasteiger partial charge is 0.267 e. The van der Waals surface area contributed by atoms with Crippen molar-refractivity contribution in [3.8, 4) is 0 Å². The van der Waals surface area contributed by atoms with E-state index >= 15 is 0 Å². The monoisotopic (exact) mass is 236 g/mol. The molecule has 0 spiro atoms. The van der Waals surface area contributed by atoms with E-state index in [-0.39, 0.29) is 12.4 Å². The maximum Gasteiger partial charge on any atom is 0.267 e. The molecule has 6 heteroatoms. The van der Waals surface area contributed by atoms with Crippen molar-refractivity contribution in [1.29, 1.82) is 0 Å². The minimum absolute atomic E-state index is 0.0446. The van der Waals surface area contributed by atoms with Crippen LogP contribution in [-0.4, -0.2) is 31.9 Å². The fourth-order valence-electron chi connectivity index (χ4n) is 0.891. The summed E-state index contributed by atoms with van der Waals surface area (Å²) in [6.07, 6.45) is 0.773. The first-order valence-electron chi connectivity index (χ1n) is 4.12. The van der Waals surface area contributed by atoms with Crippen LogP contribution in [0.15, 0.2) is 16.8 Å². The third-order valence-corrected chi connectivity index (χ3v) is 3.02. The first-order valence-corrected chi connectivity index (χ1v) is 6.67. The molecule has 1 aromatic rings. The molecule has 0 radical (unpaired) electrons. The van der Waals surface area contributed by atoms with Crippen molar-refractivity contribution in [2.45, 2.75) is 6.42 Å². The molecule has 0 aliphatic carbocycles. The summed E-state index contributed by atoms with van der Waals surface area (Å²) < 4.78 is 34.0. The van der Waals surface area contributed by atoms with Gasteiger partial charge in [-0.2, -0.15) is 19.8 Å². The molecule has 1 aromatic heterocycles. The van der Waals surface area contributed by atoms with Gasteiger partial charge < -0.3 is 4.74 Å². The van der Waals surface area contributed by atoms with E-state index in [2.05, 4.69) is 0 Å². The Kier molecular flexibility index (Phi) is 4.53. The van der Waals surface area contributed by atoms with E-state index in [4.69, 9.17) is 9.29 Å². The molecule has 0 atom stereocenters. The van der Waals surface area contributed by atoms with Crippen molar-refractivity contribution in [1.82, 2.24) is 0 Å². The maximum atomic E-state index is 10.3. The van der Waals surface area contributed by atoms with E-state index in [1.807, 2.05) is 16.8 Å². The van der Waals surface area contributed by atoms with Crippen LogP contribution in [0.25, 0.3) is 0 Å². The van der Waals surface area contributed by atoms with Gasteiger partial charge in [0.2, 0.25) is 0 Å². The van der Waals surface area contributed by atoms with Crippen molar-refractivity contribution < 1.29 is 17.7 Å². The number of thiophene rings is 1. The van der Waals surface area contributed by atoms with Crippen LogP contribution >= 0.6 is 11.3 Å². The summed E-state index contributed by atoms with van der Waals surface area (Å²) in [4.78, 5) is 0. The molecule has 4 nitrogen and oxygen atoms in total. The minimum atomic E-state index is -3.88. The Hall–Kier alpha value is -0.430. The second-order valence-corrected chi connectivity index (χ2v) is 5.13. The lowest BCUT2D eigenvalue weighted by atomic mass is 10.3. The van der Waals surface area contributed by atoms with Gasteiger partial charge in [0.25, 0.3) is 10.1 Å². The molecule has 0 saturated heterocycles. The fraction of sp³-hybridized carbons (Fsp3) is 0.500. The number of hydrogen-bond donors (Lipinski definition) is 1. The van der Waals surface area contributed by atoms with Crippen LogP contribution in [0, 0.1) is 0 Å². The molecule has 80 valence electrons. The lowest BCUT2D eigenvalue weighted by molar-refractivity contribution is 0.151. The van der Waals surface area contributed by atoms with Gasteiger partial charge in [-0.1, -0.05) is 0 Å². The molecule has 0 fully saturated rings. The molecule has 0 unspecified atom stereocenters. The average molecular weight is 236 g/mol. The van der Waals surface area contributed by atoms with E-state index in [0.29, 0.717) is 6.61 Å². The number of hydrogen-bond acceptors (Lipinski definition) is 4. The zero-order chi connectivity index (χ0) is 10.4. The highest BCUT2D eigenvalue weighted by molar-refractivity contribution is 7.85. The van der Waals surface area contributed by atoms with E-state index in [1.54, 1.807) is 11.3 Å². The number of rotatable bonds is 6. The molecule has 0 aliphatic rings. The van der Waals surface area contributed by atoms with Crippen LogP contribution in [-0.2, 0) is 21.3 Å². The summed E-state index contributed by atoms with van der Waals surface area (Å²) in [5.74, 6) is -0.337. The molecule has 1 N–H and O–H groups in total. The third kappa shape index (κ3) is 5.33. The SMILES string of the molecule is O=S(=O)(O)CCOCCc1ccsc1. The largest absolute Gasteiger partial charge is 0.380 e. The van der Waals surface area contributed by atoms with Crippen molar-refractivity contribution in [3.05, 3.63) is 22.4 Å². The highest BCUT2D eigenvalue weighted by Gasteiger charge is 2.03. The Morgan fingerprint density at radius 1 is 1.43 bits per heavy atom. The Balaban J connectivity index is 2.06. The van der Waals surface area contributed by atoms with Crippen LogP contribution in [0.1, 0.15) is 5.56 Å². The molecule has 0 amide bonds. The number of ether oxygens (including phenoxy) is 1. The molecule has 0 bridgehead atoms. The average Bonchev–Trinajstić information content (AvgIpc) is 2.54. The summed E-state index contributed by atoms with van der Waals surface area (Å²) in [7, 11) is -3.88. The standard InChI is InChI=1S/C8H12O4S2/c9-14(10,11)6-4-12-3-1-8-2-5-13-7-8/h2,5,7H,1,3-4,6H2,(H,9,10,11). The Morgan fingerprint density at radius 3 is 2.79 bits per heavy atom. The molecule has 0 aromatic carbocycles. The van der Waals surface area contributed by atoms with Gasteiger partial charge in [0.15, 0.2) is 0 Å². The lowest BCUT2D eigenvalue weighted by Gasteiger charge is -2.01. The van der Waals surface area contributed by atoms with Crippen LogP contribution < -0.4 is 0 Å². The maximum absolute atomic E-state index is 10.3. The highest BCUT2D eigenvalue weighted by Crippen LogP contribution is 2.06. The van der Waals surface area contributed by atoms with Gasteiger partial charge in [-0.25, -0.2) is 0 Å². The van der Waals surface area contributed by atoms with E-state index < -0.39 is 10.1 Å². The zero-order valence-electron chi connectivity index (χ0n) is 7.55. The summed E-state index contributed by atoms with van der Waals surface area (Å²) in [5, 5.41) is 4.00. The molecule has 1 rings (SSSR count).